The largest absolute Gasteiger partial charge is 0.389 e. The Morgan fingerprint density at radius 1 is 1.14 bits per heavy atom. The maximum Gasteiger partial charge on any atom is 0.262 e. The second-order valence-electron chi connectivity index (χ2n) is 6.69. The Morgan fingerprint density at radius 2 is 1.90 bits per heavy atom. The van der Waals surface area contributed by atoms with Crippen LogP contribution in [-0.2, 0) is 17.9 Å². The summed E-state index contributed by atoms with van der Waals surface area (Å²) in [6.07, 6.45) is 0.671. The van der Waals surface area contributed by atoms with Crippen molar-refractivity contribution >= 4 is 33.2 Å². The Morgan fingerprint density at radius 3 is 2.66 bits per heavy atom. The van der Waals surface area contributed by atoms with Gasteiger partial charge < -0.3 is 9.84 Å². The molecule has 0 spiro atoms. The van der Waals surface area contributed by atoms with Crippen LogP contribution in [0.1, 0.15) is 5.56 Å². The normalized spacial score (nSPS) is 12.3. The number of hydrogen-bond donors (Lipinski definition) is 1. The second-order valence-corrected chi connectivity index (χ2v) is 8.16. The minimum absolute atomic E-state index is 0.117. The fourth-order valence-corrected chi connectivity index (χ4v) is 4.13. The van der Waals surface area contributed by atoms with E-state index in [0.29, 0.717) is 21.8 Å². The van der Waals surface area contributed by atoms with Crippen LogP contribution in [0.15, 0.2) is 71.8 Å². The molecule has 2 aromatic heterocycles. The topological polar surface area (TPSA) is 64.4 Å². The molecule has 0 aliphatic heterocycles. The molecule has 7 heteroatoms. The highest BCUT2D eigenvalue weighted by atomic mass is 35.5. The smallest absolute Gasteiger partial charge is 0.262 e. The lowest BCUT2D eigenvalue weighted by atomic mass is 10.2. The van der Waals surface area contributed by atoms with Crippen molar-refractivity contribution in [2.24, 2.45) is 0 Å². The number of hydrogen-bond acceptors (Lipinski definition) is 5. The SMILES string of the molecule is O=c1c2cc(-c3ccccc3)sc2ncn1CC(O)COCc1ccc(Cl)cc1. The van der Waals surface area contributed by atoms with Crippen molar-refractivity contribution in [1.29, 1.82) is 0 Å². The monoisotopic (exact) mass is 426 g/mol. The van der Waals surface area contributed by atoms with Gasteiger partial charge in [0.25, 0.3) is 5.56 Å². The van der Waals surface area contributed by atoms with Gasteiger partial charge in [0.2, 0.25) is 0 Å². The number of aromatic nitrogens is 2. The molecule has 0 bridgehead atoms. The molecule has 0 saturated carbocycles. The summed E-state index contributed by atoms with van der Waals surface area (Å²) >= 11 is 7.34. The van der Waals surface area contributed by atoms with E-state index in [2.05, 4.69) is 4.98 Å². The van der Waals surface area contributed by atoms with Crippen LogP contribution >= 0.6 is 22.9 Å². The Labute approximate surface area is 176 Å². The van der Waals surface area contributed by atoms with Gasteiger partial charge in [-0.3, -0.25) is 9.36 Å². The molecular weight excluding hydrogens is 408 g/mol. The van der Waals surface area contributed by atoms with Crippen molar-refractivity contribution in [3.05, 3.63) is 87.9 Å². The van der Waals surface area contributed by atoms with Crippen LogP contribution in [0, 0.1) is 0 Å². The predicted octanol–water partition coefficient (Wildman–Crippen LogP) is 4.36. The minimum atomic E-state index is -0.813. The molecule has 0 amide bonds. The lowest BCUT2D eigenvalue weighted by Gasteiger charge is -2.13. The van der Waals surface area contributed by atoms with Gasteiger partial charge in [-0.25, -0.2) is 4.98 Å². The van der Waals surface area contributed by atoms with E-state index in [1.54, 1.807) is 12.1 Å². The minimum Gasteiger partial charge on any atom is -0.389 e. The maximum atomic E-state index is 12.8. The molecular formula is C22H19ClN2O3S. The third-order valence-electron chi connectivity index (χ3n) is 4.48. The molecule has 5 nitrogen and oxygen atoms in total. The van der Waals surface area contributed by atoms with E-state index in [1.165, 1.54) is 22.2 Å². The van der Waals surface area contributed by atoms with Gasteiger partial charge in [-0.05, 0) is 29.3 Å². The third-order valence-corrected chi connectivity index (χ3v) is 5.82. The number of rotatable bonds is 7. The van der Waals surface area contributed by atoms with Crippen LogP contribution in [0.2, 0.25) is 5.02 Å². The molecule has 2 heterocycles. The summed E-state index contributed by atoms with van der Waals surface area (Å²) in [6, 6.07) is 19.1. The summed E-state index contributed by atoms with van der Waals surface area (Å²) < 4.78 is 6.99. The quantitative estimate of drug-likeness (QED) is 0.477. The van der Waals surface area contributed by atoms with E-state index in [0.717, 1.165) is 16.0 Å². The average Bonchev–Trinajstić information content (AvgIpc) is 3.18. The van der Waals surface area contributed by atoms with Gasteiger partial charge in [-0.2, -0.15) is 0 Å². The van der Waals surface area contributed by atoms with Crippen molar-refractivity contribution in [1.82, 2.24) is 9.55 Å². The highest BCUT2D eigenvalue weighted by Crippen LogP contribution is 2.30. The first-order valence-electron chi connectivity index (χ1n) is 9.15. The number of fused-ring (bicyclic) bond motifs is 1. The first kappa shape index (κ1) is 19.8. The number of aliphatic hydroxyl groups is 1. The third kappa shape index (κ3) is 4.74. The highest BCUT2D eigenvalue weighted by Gasteiger charge is 2.13. The summed E-state index contributed by atoms with van der Waals surface area (Å²) in [5.41, 5.74) is 1.86. The predicted molar refractivity (Wildman–Crippen MR) is 116 cm³/mol. The first-order chi connectivity index (χ1) is 14.1. The molecule has 4 aromatic rings. The van der Waals surface area contributed by atoms with Crippen molar-refractivity contribution in [3.8, 4) is 10.4 Å². The molecule has 148 valence electrons. The summed E-state index contributed by atoms with van der Waals surface area (Å²) in [5.74, 6) is 0. The Balaban J connectivity index is 1.42. The number of aliphatic hydroxyl groups excluding tert-OH is 1. The van der Waals surface area contributed by atoms with Gasteiger partial charge >= 0.3 is 0 Å². The molecule has 0 saturated heterocycles. The Hall–Kier alpha value is -2.51. The molecule has 0 fully saturated rings. The zero-order chi connectivity index (χ0) is 20.2. The van der Waals surface area contributed by atoms with E-state index in [4.69, 9.17) is 16.3 Å². The number of halogens is 1. The van der Waals surface area contributed by atoms with Crippen LogP contribution < -0.4 is 5.56 Å². The molecule has 1 unspecified atom stereocenters. The lowest BCUT2D eigenvalue weighted by molar-refractivity contribution is 0.0198. The summed E-state index contributed by atoms with van der Waals surface area (Å²) in [6.45, 7) is 0.607. The molecule has 29 heavy (non-hydrogen) atoms. The number of nitrogens with zero attached hydrogens (tertiary/aromatic N) is 2. The second kappa shape index (κ2) is 8.88. The average molecular weight is 427 g/mol. The molecule has 0 radical (unpaired) electrons. The Bertz CT molecular complexity index is 1160. The van der Waals surface area contributed by atoms with Gasteiger partial charge in [0.1, 0.15) is 4.83 Å². The number of ether oxygens (including phenoxy) is 1. The van der Waals surface area contributed by atoms with Crippen molar-refractivity contribution in [2.45, 2.75) is 19.3 Å². The Kier molecular flexibility index (Phi) is 6.06. The van der Waals surface area contributed by atoms with Gasteiger partial charge in [-0.15, -0.1) is 11.3 Å². The lowest BCUT2D eigenvalue weighted by Crippen LogP contribution is -2.29. The van der Waals surface area contributed by atoms with Crippen molar-refractivity contribution < 1.29 is 9.84 Å². The van der Waals surface area contributed by atoms with Gasteiger partial charge in [-0.1, -0.05) is 54.1 Å². The van der Waals surface area contributed by atoms with Crippen molar-refractivity contribution in [2.75, 3.05) is 6.61 Å². The zero-order valence-electron chi connectivity index (χ0n) is 15.5. The summed E-state index contributed by atoms with van der Waals surface area (Å²) in [4.78, 5) is 18.9. The van der Waals surface area contributed by atoms with Crippen LogP contribution in [0.25, 0.3) is 20.7 Å². The zero-order valence-corrected chi connectivity index (χ0v) is 17.1. The molecule has 0 aliphatic rings. The van der Waals surface area contributed by atoms with Gasteiger partial charge in [0.15, 0.2) is 0 Å². The van der Waals surface area contributed by atoms with E-state index in [1.807, 2.05) is 48.5 Å². The molecule has 2 aromatic carbocycles. The fourth-order valence-electron chi connectivity index (χ4n) is 3.01. The summed E-state index contributed by atoms with van der Waals surface area (Å²) in [5, 5.41) is 11.5. The van der Waals surface area contributed by atoms with Crippen LogP contribution in [0.4, 0.5) is 0 Å². The van der Waals surface area contributed by atoms with E-state index in [9.17, 15) is 9.90 Å². The fraction of sp³-hybridized carbons (Fsp3) is 0.182. The molecule has 1 N–H and O–H groups in total. The highest BCUT2D eigenvalue weighted by molar-refractivity contribution is 7.21. The summed E-state index contributed by atoms with van der Waals surface area (Å²) in [7, 11) is 0. The van der Waals surface area contributed by atoms with Crippen LogP contribution in [-0.4, -0.2) is 27.4 Å². The molecule has 1 atom stereocenters. The first-order valence-corrected chi connectivity index (χ1v) is 10.3. The van der Waals surface area contributed by atoms with Gasteiger partial charge in [0.05, 0.1) is 37.6 Å². The van der Waals surface area contributed by atoms with Crippen LogP contribution in [0.5, 0.6) is 0 Å². The van der Waals surface area contributed by atoms with E-state index in [-0.39, 0.29) is 18.7 Å². The van der Waals surface area contributed by atoms with Gasteiger partial charge in [0, 0.05) is 9.90 Å². The number of benzene rings is 2. The molecule has 4 rings (SSSR count). The maximum absolute atomic E-state index is 12.8. The number of thiophene rings is 1. The molecule has 0 aliphatic carbocycles. The van der Waals surface area contributed by atoms with Crippen molar-refractivity contribution in [3.63, 3.8) is 0 Å². The van der Waals surface area contributed by atoms with E-state index >= 15 is 0 Å². The van der Waals surface area contributed by atoms with Crippen LogP contribution in [0.3, 0.4) is 0 Å². The standard InChI is InChI=1S/C22H19ClN2O3S/c23-17-8-6-15(7-9-17)12-28-13-18(26)11-25-14-24-21-19(22(25)27)10-20(29-21)16-4-2-1-3-5-16/h1-10,14,18,26H,11-13H2. The van der Waals surface area contributed by atoms with E-state index < -0.39 is 6.10 Å².